The van der Waals surface area contributed by atoms with Crippen molar-refractivity contribution in [2.45, 2.75) is 26.8 Å². The number of amides is 1. The monoisotopic (exact) mass is 450 g/mol. The van der Waals surface area contributed by atoms with Crippen LogP contribution in [0.25, 0.3) is 0 Å². The van der Waals surface area contributed by atoms with Crippen molar-refractivity contribution in [3.05, 3.63) is 74.7 Å². The molecule has 0 radical (unpaired) electrons. The Kier molecular flexibility index (Phi) is 5.46. The van der Waals surface area contributed by atoms with Crippen LogP contribution in [0.3, 0.4) is 0 Å². The zero-order valence-electron chi connectivity index (χ0n) is 18.4. The second kappa shape index (κ2) is 8.26. The predicted octanol–water partition coefficient (Wildman–Crippen LogP) is 3.44. The highest BCUT2D eigenvalue weighted by Gasteiger charge is 2.36. The molecule has 11 nitrogen and oxygen atoms in total. The Bertz CT molecular complexity index is 1310. The van der Waals surface area contributed by atoms with Crippen LogP contribution in [-0.4, -0.2) is 37.8 Å². The van der Waals surface area contributed by atoms with Gasteiger partial charge < -0.3 is 20.5 Å². The number of allylic oxidation sites excluding steroid dienone is 1. The molecule has 1 aliphatic rings. The lowest BCUT2D eigenvalue weighted by Gasteiger charge is -2.29. The lowest BCUT2D eigenvalue weighted by molar-refractivity contribution is -0.386. The van der Waals surface area contributed by atoms with Crippen molar-refractivity contribution in [1.82, 2.24) is 14.8 Å². The van der Waals surface area contributed by atoms with Crippen molar-refractivity contribution < 1.29 is 19.6 Å². The number of carbonyl (C=O) groups excluding carboxylic acids is 1. The number of aromatic hydroxyl groups is 1. The van der Waals surface area contributed by atoms with Gasteiger partial charge in [0.05, 0.1) is 17.6 Å². The maximum absolute atomic E-state index is 13.5. The van der Waals surface area contributed by atoms with E-state index < -0.39 is 28.3 Å². The third-order valence-electron chi connectivity index (χ3n) is 5.70. The average molecular weight is 450 g/mol. The van der Waals surface area contributed by atoms with E-state index in [1.54, 1.807) is 13.0 Å². The number of nitro benzene ring substituents is 1. The number of nitro groups is 1. The molecule has 1 atom stereocenters. The molecule has 0 aliphatic carbocycles. The minimum absolute atomic E-state index is 0.0914. The molecule has 0 saturated heterocycles. The SMILES string of the molecule is COc1cc(C2C(C(=O)Nc3cccc(C)c3C)=C(C)Nc3ncnn32)cc([N+](=O)[O-])c1O. The van der Waals surface area contributed by atoms with Crippen LogP contribution in [0, 0.1) is 24.0 Å². The largest absolute Gasteiger partial charge is 0.500 e. The fourth-order valence-electron chi connectivity index (χ4n) is 3.84. The number of hydrogen-bond acceptors (Lipinski definition) is 8. The van der Waals surface area contributed by atoms with Gasteiger partial charge in [-0.2, -0.15) is 10.1 Å². The topological polar surface area (TPSA) is 144 Å². The molecule has 0 fully saturated rings. The molecule has 33 heavy (non-hydrogen) atoms. The molecular formula is C22H22N6O5. The lowest BCUT2D eigenvalue weighted by atomic mass is 9.94. The summed E-state index contributed by atoms with van der Waals surface area (Å²) in [5.74, 6) is -0.725. The van der Waals surface area contributed by atoms with E-state index in [0.717, 1.165) is 11.1 Å². The molecule has 170 valence electrons. The fraction of sp³-hybridized carbons (Fsp3) is 0.227. The van der Waals surface area contributed by atoms with Gasteiger partial charge in [-0.25, -0.2) is 4.68 Å². The van der Waals surface area contributed by atoms with Gasteiger partial charge in [0.2, 0.25) is 11.7 Å². The molecule has 0 bridgehead atoms. The Morgan fingerprint density at radius 2 is 2.06 bits per heavy atom. The number of nitrogens with one attached hydrogen (secondary N) is 2. The van der Waals surface area contributed by atoms with Gasteiger partial charge in [0, 0.05) is 17.5 Å². The Morgan fingerprint density at radius 3 is 2.76 bits per heavy atom. The van der Waals surface area contributed by atoms with E-state index >= 15 is 0 Å². The average Bonchev–Trinajstić information content (AvgIpc) is 3.24. The summed E-state index contributed by atoms with van der Waals surface area (Å²) in [5, 5.41) is 32.0. The third-order valence-corrected chi connectivity index (χ3v) is 5.70. The Labute approximate surface area is 188 Å². The summed E-state index contributed by atoms with van der Waals surface area (Å²) >= 11 is 0. The van der Waals surface area contributed by atoms with Gasteiger partial charge in [0.15, 0.2) is 5.75 Å². The number of carbonyl (C=O) groups is 1. The van der Waals surface area contributed by atoms with Crippen LogP contribution in [0.15, 0.2) is 47.9 Å². The second-order valence-electron chi connectivity index (χ2n) is 7.64. The van der Waals surface area contributed by atoms with Crippen LogP contribution in [-0.2, 0) is 4.79 Å². The Morgan fingerprint density at radius 1 is 1.30 bits per heavy atom. The van der Waals surface area contributed by atoms with Crippen molar-refractivity contribution >= 4 is 23.2 Å². The van der Waals surface area contributed by atoms with Crippen LogP contribution >= 0.6 is 0 Å². The van der Waals surface area contributed by atoms with Crippen molar-refractivity contribution in [2.75, 3.05) is 17.7 Å². The van der Waals surface area contributed by atoms with Gasteiger partial charge in [-0.1, -0.05) is 12.1 Å². The van der Waals surface area contributed by atoms with Crippen molar-refractivity contribution in [1.29, 1.82) is 0 Å². The number of rotatable bonds is 5. The maximum atomic E-state index is 13.5. The smallest absolute Gasteiger partial charge is 0.315 e. The van der Waals surface area contributed by atoms with Crippen LogP contribution < -0.4 is 15.4 Å². The molecule has 0 saturated carbocycles. The maximum Gasteiger partial charge on any atom is 0.315 e. The first kappa shape index (κ1) is 21.8. The lowest BCUT2D eigenvalue weighted by Crippen LogP contribution is -2.31. The molecule has 1 unspecified atom stereocenters. The molecule has 11 heteroatoms. The molecule has 4 rings (SSSR count). The summed E-state index contributed by atoms with van der Waals surface area (Å²) in [6.07, 6.45) is 1.32. The van der Waals surface area contributed by atoms with Crippen LogP contribution in [0.5, 0.6) is 11.5 Å². The van der Waals surface area contributed by atoms with Gasteiger partial charge in [0.1, 0.15) is 12.4 Å². The van der Waals surface area contributed by atoms with Crippen molar-refractivity contribution in [3.63, 3.8) is 0 Å². The number of benzene rings is 2. The minimum atomic E-state index is -0.859. The Balaban J connectivity index is 1.86. The number of phenols is 1. The second-order valence-corrected chi connectivity index (χ2v) is 7.64. The fourth-order valence-corrected chi connectivity index (χ4v) is 3.84. The van der Waals surface area contributed by atoms with Crippen molar-refractivity contribution in [2.24, 2.45) is 0 Å². The summed E-state index contributed by atoms with van der Waals surface area (Å²) in [5.41, 5.74) is 3.18. The molecular weight excluding hydrogens is 428 g/mol. The summed E-state index contributed by atoms with van der Waals surface area (Å²) in [6.45, 7) is 5.58. The normalized spacial score (nSPS) is 15.0. The van der Waals surface area contributed by atoms with E-state index in [0.29, 0.717) is 22.9 Å². The summed E-state index contributed by atoms with van der Waals surface area (Å²) in [7, 11) is 1.29. The standard InChI is InChI=1S/C22H22N6O5/c1-11-6-5-7-15(12(11)2)26-21(30)18-13(3)25-22-23-10-24-27(22)19(18)14-8-16(28(31)32)20(29)17(9-14)33-4/h5-10,19,29H,1-4H3,(H,26,30)(H,23,24,25). The number of hydrogen-bond donors (Lipinski definition) is 3. The number of phenolic OH excluding ortho intramolecular Hbond substituents is 1. The van der Waals surface area contributed by atoms with Gasteiger partial charge >= 0.3 is 5.69 Å². The van der Waals surface area contributed by atoms with Gasteiger partial charge in [-0.15, -0.1) is 0 Å². The molecule has 3 N–H and O–H groups in total. The number of anilines is 2. The number of methoxy groups -OCH3 is 1. The van der Waals surface area contributed by atoms with Crippen LogP contribution in [0.1, 0.15) is 29.7 Å². The van der Waals surface area contributed by atoms with E-state index in [9.17, 15) is 20.0 Å². The van der Waals surface area contributed by atoms with Crippen LogP contribution in [0.2, 0.25) is 0 Å². The molecule has 1 aromatic heterocycles. The van der Waals surface area contributed by atoms with E-state index in [1.807, 2.05) is 26.0 Å². The Hall–Kier alpha value is -4.41. The van der Waals surface area contributed by atoms with Gasteiger partial charge in [-0.05, 0) is 49.6 Å². The highest BCUT2D eigenvalue weighted by molar-refractivity contribution is 6.06. The zero-order chi connectivity index (χ0) is 23.9. The molecule has 1 amide bonds. The van der Waals surface area contributed by atoms with Gasteiger partial charge in [-0.3, -0.25) is 14.9 Å². The van der Waals surface area contributed by atoms with E-state index in [1.165, 1.54) is 30.3 Å². The van der Waals surface area contributed by atoms with Gasteiger partial charge in [0.25, 0.3) is 5.91 Å². The highest BCUT2D eigenvalue weighted by Crippen LogP contribution is 2.43. The number of nitrogens with zero attached hydrogens (tertiary/aromatic N) is 4. The van der Waals surface area contributed by atoms with E-state index in [2.05, 4.69) is 20.7 Å². The first-order valence-electron chi connectivity index (χ1n) is 10.0. The first-order valence-corrected chi connectivity index (χ1v) is 10.0. The molecule has 0 spiro atoms. The number of aryl methyl sites for hydroxylation is 1. The van der Waals surface area contributed by atoms with Crippen molar-refractivity contribution in [3.8, 4) is 11.5 Å². The van der Waals surface area contributed by atoms with Crippen LogP contribution in [0.4, 0.5) is 17.3 Å². The highest BCUT2D eigenvalue weighted by atomic mass is 16.6. The third kappa shape index (κ3) is 3.73. The summed E-state index contributed by atoms with van der Waals surface area (Å²) in [4.78, 5) is 28.5. The first-order chi connectivity index (χ1) is 15.7. The summed E-state index contributed by atoms with van der Waals surface area (Å²) < 4.78 is 6.61. The molecule has 3 aromatic rings. The zero-order valence-corrected chi connectivity index (χ0v) is 18.4. The number of ether oxygens (including phenoxy) is 1. The summed E-state index contributed by atoms with van der Waals surface area (Å²) in [6, 6.07) is 7.39. The predicted molar refractivity (Wildman–Crippen MR) is 120 cm³/mol. The minimum Gasteiger partial charge on any atom is -0.500 e. The molecule has 1 aliphatic heterocycles. The molecule has 2 heterocycles. The van der Waals surface area contributed by atoms with E-state index in [4.69, 9.17) is 4.74 Å². The molecule has 2 aromatic carbocycles. The van der Waals surface area contributed by atoms with E-state index in [-0.39, 0.29) is 11.3 Å². The quantitative estimate of drug-likeness (QED) is 0.396. The number of aromatic nitrogens is 3. The number of fused-ring (bicyclic) bond motifs is 1.